The molecule has 1 saturated heterocycles. The van der Waals surface area contributed by atoms with E-state index in [4.69, 9.17) is 9.57 Å². The molecule has 0 spiro atoms. The van der Waals surface area contributed by atoms with Gasteiger partial charge in [0.2, 0.25) is 0 Å². The van der Waals surface area contributed by atoms with Crippen LogP contribution in [0, 0.1) is 13.8 Å². The van der Waals surface area contributed by atoms with Gasteiger partial charge >= 0.3 is 0 Å². The van der Waals surface area contributed by atoms with Crippen molar-refractivity contribution >= 4 is 27.3 Å². The number of thiazole rings is 1. The first-order valence-electron chi connectivity index (χ1n) is 11.9. The minimum atomic E-state index is -0.608. The largest absolute Gasteiger partial charge is 0.472 e. The summed E-state index contributed by atoms with van der Waals surface area (Å²) in [6.45, 7) is 10.2. The standard InChI is InChI=1S/C26H32N4O3S/c1-17-4-6-20(7-5-17)23-15-22(33-28-23)16-29-10-12-30(13-11-29)26(18(2)31)32-21-8-9-25-24(14-21)27-19(3)34-25/h4-9,14,18,22,26,31H,10-13,15-16H2,1-3H3/t18-,22?,26?/m1/s1. The van der Waals surface area contributed by atoms with Gasteiger partial charge in [0, 0.05) is 45.2 Å². The number of oxime groups is 1. The van der Waals surface area contributed by atoms with Gasteiger partial charge in [0.25, 0.3) is 0 Å². The number of fused-ring (bicyclic) bond motifs is 1. The number of hydrogen-bond donors (Lipinski definition) is 1. The van der Waals surface area contributed by atoms with Crippen LogP contribution in [0.1, 0.15) is 29.5 Å². The molecule has 3 heterocycles. The van der Waals surface area contributed by atoms with Gasteiger partial charge in [-0.15, -0.1) is 11.3 Å². The van der Waals surface area contributed by atoms with E-state index < -0.39 is 12.3 Å². The molecule has 2 unspecified atom stereocenters. The third-order valence-corrected chi connectivity index (χ3v) is 7.43. The second kappa shape index (κ2) is 10.00. The molecule has 2 aliphatic rings. The van der Waals surface area contributed by atoms with Gasteiger partial charge in [-0.1, -0.05) is 35.0 Å². The van der Waals surface area contributed by atoms with E-state index in [9.17, 15) is 5.11 Å². The molecule has 34 heavy (non-hydrogen) atoms. The molecule has 0 aliphatic carbocycles. The first-order valence-corrected chi connectivity index (χ1v) is 12.7. The average molecular weight is 481 g/mol. The van der Waals surface area contributed by atoms with Crippen LogP contribution in [0.4, 0.5) is 0 Å². The Morgan fingerprint density at radius 1 is 1.12 bits per heavy atom. The molecule has 8 heteroatoms. The molecule has 3 atom stereocenters. The Balaban J connectivity index is 1.14. The molecule has 0 saturated carbocycles. The summed E-state index contributed by atoms with van der Waals surface area (Å²) in [5.74, 6) is 0.742. The highest BCUT2D eigenvalue weighted by Crippen LogP contribution is 2.27. The molecular weight excluding hydrogens is 448 g/mol. The van der Waals surface area contributed by atoms with E-state index in [1.165, 1.54) is 5.56 Å². The molecule has 180 valence electrons. The second-order valence-electron chi connectivity index (χ2n) is 9.28. The summed E-state index contributed by atoms with van der Waals surface area (Å²) in [6.07, 6.45) is -0.0807. The number of aryl methyl sites for hydroxylation is 2. The smallest absolute Gasteiger partial charge is 0.178 e. The van der Waals surface area contributed by atoms with Crippen LogP contribution >= 0.6 is 11.3 Å². The van der Waals surface area contributed by atoms with Crippen molar-refractivity contribution in [1.82, 2.24) is 14.8 Å². The highest BCUT2D eigenvalue weighted by Gasteiger charge is 2.31. The lowest BCUT2D eigenvalue weighted by molar-refractivity contribution is -0.0779. The zero-order chi connectivity index (χ0) is 23.7. The molecule has 2 aromatic carbocycles. The van der Waals surface area contributed by atoms with Crippen molar-refractivity contribution in [3.05, 3.63) is 58.6 Å². The third-order valence-electron chi connectivity index (χ3n) is 6.48. The van der Waals surface area contributed by atoms with E-state index in [2.05, 4.69) is 51.1 Å². The lowest BCUT2D eigenvalue weighted by atomic mass is 10.0. The average Bonchev–Trinajstić information content (AvgIpc) is 3.43. The molecule has 0 amide bonds. The number of piperazine rings is 1. The van der Waals surface area contributed by atoms with Crippen LogP contribution in [0.3, 0.4) is 0 Å². The van der Waals surface area contributed by atoms with Crippen LogP contribution in [0.2, 0.25) is 0 Å². The van der Waals surface area contributed by atoms with Crippen LogP contribution < -0.4 is 4.74 Å². The Kier molecular flexibility index (Phi) is 6.83. The van der Waals surface area contributed by atoms with E-state index in [0.29, 0.717) is 0 Å². The number of benzene rings is 2. The highest BCUT2D eigenvalue weighted by molar-refractivity contribution is 7.18. The Hall–Kier alpha value is -2.52. The maximum atomic E-state index is 10.5. The molecule has 2 aliphatic heterocycles. The molecule has 0 bridgehead atoms. The van der Waals surface area contributed by atoms with Crippen molar-refractivity contribution in [2.75, 3.05) is 32.7 Å². The number of nitrogens with zero attached hydrogens (tertiary/aromatic N) is 4. The third kappa shape index (κ3) is 5.25. The van der Waals surface area contributed by atoms with Gasteiger partial charge in [-0.3, -0.25) is 9.80 Å². The van der Waals surface area contributed by atoms with Crippen LogP contribution in [-0.2, 0) is 4.84 Å². The molecule has 1 N–H and O–H groups in total. The van der Waals surface area contributed by atoms with Gasteiger partial charge in [-0.25, -0.2) is 4.98 Å². The first-order chi connectivity index (χ1) is 16.4. The fourth-order valence-corrected chi connectivity index (χ4v) is 5.45. The molecule has 1 fully saturated rings. The zero-order valence-electron chi connectivity index (χ0n) is 20.0. The molecular formula is C26H32N4O3S. The fourth-order valence-electron chi connectivity index (χ4n) is 4.64. The minimum absolute atomic E-state index is 0.0833. The van der Waals surface area contributed by atoms with Crippen molar-refractivity contribution in [1.29, 1.82) is 0 Å². The topological polar surface area (TPSA) is 70.4 Å². The summed E-state index contributed by atoms with van der Waals surface area (Å²) in [5.41, 5.74) is 4.35. The predicted molar refractivity (Wildman–Crippen MR) is 136 cm³/mol. The Morgan fingerprint density at radius 3 is 2.62 bits per heavy atom. The SMILES string of the molecule is Cc1ccc(C2=NOC(CN3CCN(C(Oc4ccc5sc(C)nc5c4)[C@@H](C)O)CC3)C2)cc1. The van der Waals surface area contributed by atoms with Gasteiger partial charge in [0.15, 0.2) is 6.23 Å². The van der Waals surface area contributed by atoms with E-state index >= 15 is 0 Å². The molecule has 5 rings (SSSR count). The minimum Gasteiger partial charge on any atom is -0.472 e. The lowest BCUT2D eigenvalue weighted by Crippen LogP contribution is -2.56. The Morgan fingerprint density at radius 2 is 1.88 bits per heavy atom. The second-order valence-corrected chi connectivity index (χ2v) is 10.5. The Labute approximate surface area is 204 Å². The number of hydrogen-bond acceptors (Lipinski definition) is 8. The summed E-state index contributed by atoms with van der Waals surface area (Å²) in [4.78, 5) is 14.9. The van der Waals surface area contributed by atoms with Crippen molar-refractivity contribution in [3.63, 3.8) is 0 Å². The van der Waals surface area contributed by atoms with Gasteiger partial charge in [0.1, 0.15) is 18.0 Å². The maximum Gasteiger partial charge on any atom is 0.178 e. The summed E-state index contributed by atoms with van der Waals surface area (Å²) in [7, 11) is 0. The Bertz CT molecular complexity index is 1150. The lowest BCUT2D eigenvalue weighted by Gasteiger charge is -2.40. The first kappa shape index (κ1) is 23.2. The van der Waals surface area contributed by atoms with Crippen molar-refractivity contribution in [2.24, 2.45) is 5.16 Å². The van der Waals surface area contributed by atoms with E-state index in [1.807, 2.05) is 25.1 Å². The molecule has 0 radical (unpaired) electrons. The van der Waals surface area contributed by atoms with Crippen LogP contribution in [0.15, 0.2) is 47.6 Å². The highest BCUT2D eigenvalue weighted by atomic mass is 32.1. The van der Waals surface area contributed by atoms with Crippen molar-refractivity contribution < 1.29 is 14.7 Å². The monoisotopic (exact) mass is 480 g/mol. The number of ether oxygens (including phenoxy) is 1. The van der Waals surface area contributed by atoms with Crippen molar-refractivity contribution in [3.8, 4) is 5.75 Å². The van der Waals surface area contributed by atoms with Crippen LogP contribution in [0.5, 0.6) is 5.75 Å². The van der Waals surface area contributed by atoms with Gasteiger partial charge in [-0.05, 0) is 38.5 Å². The van der Waals surface area contributed by atoms with Crippen LogP contribution in [0.25, 0.3) is 10.2 Å². The summed E-state index contributed by atoms with van der Waals surface area (Å²) < 4.78 is 7.40. The van der Waals surface area contributed by atoms with Gasteiger partial charge in [0.05, 0.1) is 20.9 Å². The van der Waals surface area contributed by atoms with E-state index in [0.717, 1.165) is 71.4 Å². The predicted octanol–water partition coefficient (Wildman–Crippen LogP) is 3.81. The zero-order valence-corrected chi connectivity index (χ0v) is 20.8. The van der Waals surface area contributed by atoms with Crippen molar-refractivity contribution in [2.45, 2.75) is 45.6 Å². The number of aliphatic hydroxyl groups is 1. The number of rotatable bonds is 7. The summed E-state index contributed by atoms with van der Waals surface area (Å²) >= 11 is 1.68. The van der Waals surface area contributed by atoms with E-state index in [-0.39, 0.29) is 6.10 Å². The normalized spacial score (nSPS) is 21.3. The quantitative estimate of drug-likeness (QED) is 0.555. The number of aliphatic hydroxyl groups excluding tert-OH is 1. The van der Waals surface area contributed by atoms with E-state index in [1.54, 1.807) is 18.3 Å². The maximum absolute atomic E-state index is 10.5. The summed E-state index contributed by atoms with van der Waals surface area (Å²) in [5, 5.41) is 15.8. The number of aromatic nitrogens is 1. The van der Waals surface area contributed by atoms with Gasteiger partial charge in [-0.2, -0.15) is 0 Å². The fraction of sp³-hybridized carbons (Fsp3) is 0.462. The van der Waals surface area contributed by atoms with Gasteiger partial charge < -0.3 is 14.7 Å². The molecule has 3 aromatic rings. The summed E-state index contributed by atoms with van der Waals surface area (Å²) in [6, 6.07) is 14.4. The van der Waals surface area contributed by atoms with Crippen LogP contribution in [-0.4, -0.2) is 76.8 Å². The molecule has 1 aromatic heterocycles. The molecule has 7 nitrogen and oxygen atoms in total.